The largest absolute Gasteiger partial charge is 0.573 e. The van der Waals surface area contributed by atoms with Gasteiger partial charge in [0.15, 0.2) is 5.65 Å². The first kappa shape index (κ1) is 14.8. The Kier molecular flexibility index (Phi) is 3.78. The fourth-order valence-corrected chi connectivity index (χ4v) is 2.33. The van der Waals surface area contributed by atoms with Gasteiger partial charge in [-0.1, -0.05) is 12.1 Å². The third-order valence-corrected chi connectivity index (χ3v) is 3.31. The van der Waals surface area contributed by atoms with Crippen LogP contribution < -0.4 is 4.74 Å². The lowest BCUT2D eigenvalue weighted by Gasteiger charge is -2.08. The van der Waals surface area contributed by atoms with Crippen LogP contribution in [0.4, 0.5) is 13.2 Å². The summed E-state index contributed by atoms with van der Waals surface area (Å²) in [5.74, 6) is 0.441. The molecule has 0 atom stereocenters. The normalized spacial score (nSPS) is 11.8. The summed E-state index contributed by atoms with van der Waals surface area (Å²) in [7, 11) is 0. The van der Waals surface area contributed by atoms with Crippen molar-refractivity contribution >= 4 is 27.1 Å². The maximum absolute atomic E-state index is 12.1. The van der Waals surface area contributed by atoms with Gasteiger partial charge >= 0.3 is 6.36 Å². The van der Waals surface area contributed by atoms with E-state index in [-0.39, 0.29) is 5.75 Å². The maximum atomic E-state index is 12.1. The van der Waals surface area contributed by atoms with Crippen LogP contribution in [0.25, 0.3) is 11.2 Å². The molecule has 0 aliphatic heterocycles. The lowest BCUT2D eigenvalue weighted by Crippen LogP contribution is -2.17. The Morgan fingerprint density at radius 2 is 1.91 bits per heavy atom. The second-order valence-corrected chi connectivity index (χ2v) is 5.49. The van der Waals surface area contributed by atoms with Crippen molar-refractivity contribution in [2.45, 2.75) is 12.8 Å². The Hall–Kier alpha value is -2.09. The molecular weight excluding hydrogens is 363 g/mol. The average Bonchev–Trinajstić information content (AvgIpc) is 2.80. The van der Waals surface area contributed by atoms with E-state index in [1.54, 1.807) is 18.3 Å². The van der Waals surface area contributed by atoms with Gasteiger partial charge in [0.25, 0.3) is 0 Å². The number of benzene rings is 1. The third-order valence-electron chi connectivity index (χ3n) is 2.88. The smallest absolute Gasteiger partial charge is 0.406 e. The van der Waals surface area contributed by atoms with E-state index < -0.39 is 6.36 Å². The van der Waals surface area contributed by atoms with Gasteiger partial charge in [-0.05, 0) is 39.7 Å². The number of nitrogens with one attached hydrogen (secondary N) is 1. The van der Waals surface area contributed by atoms with Crippen molar-refractivity contribution in [2.24, 2.45) is 0 Å². The molecule has 0 bridgehead atoms. The SMILES string of the molecule is FC(F)(F)Oc1ccc(Cc2nc3cc(Br)cnc3[nH]2)cc1. The quantitative estimate of drug-likeness (QED) is 0.750. The van der Waals surface area contributed by atoms with Crippen molar-refractivity contribution in [3.8, 4) is 5.75 Å². The van der Waals surface area contributed by atoms with Gasteiger partial charge in [0, 0.05) is 17.1 Å². The zero-order chi connectivity index (χ0) is 15.7. The van der Waals surface area contributed by atoms with Crippen molar-refractivity contribution in [1.82, 2.24) is 15.0 Å². The van der Waals surface area contributed by atoms with Crippen LogP contribution in [-0.4, -0.2) is 21.3 Å². The van der Waals surface area contributed by atoms with E-state index in [1.807, 2.05) is 6.07 Å². The molecule has 0 aliphatic carbocycles. The lowest BCUT2D eigenvalue weighted by molar-refractivity contribution is -0.274. The first-order valence-electron chi connectivity index (χ1n) is 6.24. The topological polar surface area (TPSA) is 50.8 Å². The fraction of sp³-hybridized carbons (Fsp3) is 0.143. The number of rotatable bonds is 3. The number of aromatic nitrogens is 3. The van der Waals surface area contributed by atoms with Crippen molar-refractivity contribution in [1.29, 1.82) is 0 Å². The van der Waals surface area contributed by atoms with Crippen molar-refractivity contribution in [3.63, 3.8) is 0 Å². The molecule has 2 heterocycles. The molecule has 2 aromatic heterocycles. The van der Waals surface area contributed by atoms with Crippen molar-refractivity contribution < 1.29 is 17.9 Å². The highest BCUT2D eigenvalue weighted by molar-refractivity contribution is 9.10. The van der Waals surface area contributed by atoms with E-state index in [2.05, 4.69) is 35.6 Å². The minimum absolute atomic E-state index is 0.244. The molecular formula is C14H9BrF3N3O. The molecule has 0 aliphatic rings. The Morgan fingerprint density at radius 1 is 1.18 bits per heavy atom. The highest BCUT2D eigenvalue weighted by Gasteiger charge is 2.30. The molecule has 0 saturated heterocycles. The second-order valence-electron chi connectivity index (χ2n) is 4.57. The number of ether oxygens (including phenoxy) is 1. The predicted octanol–water partition coefficient (Wildman–Crippen LogP) is 4.21. The minimum Gasteiger partial charge on any atom is -0.406 e. The number of alkyl halides is 3. The molecule has 0 amide bonds. The molecule has 1 N–H and O–H groups in total. The molecule has 8 heteroatoms. The van der Waals surface area contributed by atoms with Crippen LogP contribution in [0.2, 0.25) is 0 Å². The van der Waals surface area contributed by atoms with E-state index in [0.29, 0.717) is 17.9 Å². The average molecular weight is 372 g/mol. The van der Waals surface area contributed by atoms with Gasteiger partial charge < -0.3 is 9.72 Å². The molecule has 3 rings (SSSR count). The lowest BCUT2D eigenvalue weighted by atomic mass is 10.1. The van der Waals surface area contributed by atoms with Gasteiger partial charge in [-0.15, -0.1) is 13.2 Å². The molecule has 1 aromatic carbocycles. The Bertz CT molecular complexity index is 799. The summed E-state index contributed by atoms with van der Waals surface area (Å²) in [5.41, 5.74) is 2.20. The summed E-state index contributed by atoms with van der Waals surface area (Å²) in [6, 6.07) is 7.53. The van der Waals surface area contributed by atoms with Gasteiger partial charge in [0.05, 0.1) is 0 Å². The number of aromatic amines is 1. The van der Waals surface area contributed by atoms with Crippen LogP contribution in [0, 0.1) is 0 Å². The summed E-state index contributed by atoms with van der Waals surface area (Å²) in [6.45, 7) is 0. The second kappa shape index (κ2) is 5.60. The number of H-pyrrole nitrogens is 1. The number of hydrogen-bond acceptors (Lipinski definition) is 3. The number of halogens is 4. The van der Waals surface area contributed by atoms with Crippen LogP contribution in [0.5, 0.6) is 5.75 Å². The number of hydrogen-bond donors (Lipinski definition) is 1. The maximum Gasteiger partial charge on any atom is 0.573 e. The van der Waals surface area contributed by atoms with Gasteiger partial charge in [0.2, 0.25) is 0 Å². The van der Waals surface area contributed by atoms with Crippen molar-refractivity contribution in [3.05, 3.63) is 52.4 Å². The minimum atomic E-state index is -4.68. The van der Waals surface area contributed by atoms with Crippen LogP contribution in [0.1, 0.15) is 11.4 Å². The standard InChI is InChI=1S/C14H9BrF3N3O/c15-9-6-11-13(19-7-9)21-12(20-11)5-8-1-3-10(4-2-8)22-14(16,17)18/h1-4,6-7H,5H2,(H,19,20,21). The molecule has 3 aromatic rings. The van der Waals surface area contributed by atoms with E-state index in [9.17, 15) is 13.2 Å². The van der Waals surface area contributed by atoms with Gasteiger partial charge in [-0.3, -0.25) is 0 Å². The summed E-state index contributed by atoms with van der Waals surface area (Å²) >= 11 is 3.32. The molecule has 0 radical (unpaired) electrons. The molecule has 0 fully saturated rings. The Balaban J connectivity index is 1.77. The monoisotopic (exact) mass is 371 g/mol. The van der Waals surface area contributed by atoms with Crippen LogP contribution >= 0.6 is 15.9 Å². The summed E-state index contributed by atoms with van der Waals surface area (Å²) in [4.78, 5) is 11.6. The molecule has 4 nitrogen and oxygen atoms in total. The summed E-state index contributed by atoms with van der Waals surface area (Å²) in [6.07, 6.45) is -2.56. The van der Waals surface area contributed by atoms with E-state index in [4.69, 9.17) is 0 Å². The van der Waals surface area contributed by atoms with Crippen molar-refractivity contribution in [2.75, 3.05) is 0 Å². The summed E-state index contributed by atoms with van der Waals surface area (Å²) < 4.78 is 40.9. The number of pyridine rings is 1. The number of fused-ring (bicyclic) bond motifs is 1. The number of imidazole rings is 1. The zero-order valence-corrected chi connectivity index (χ0v) is 12.6. The van der Waals surface area contributed by atoms with Gasteiger partial charge in [-0.2, -0.15) is 0 Å². The highest BCUT2D eigenvalue weighted by Crippen LogP contribution is 2.23. The Labute approximate surface area is 131 Å². The third kappa shape index (κ3) is 3.56. The Morgan fingerprint density at radius 3 is 2.59 bits per heavy atom. The van der Waals surface area contributed by atoms with Crippen LogP contribution in [-0.2, 0) is 6.42 Å². The first-order chi connectivity index (χ1) is 10.4. The summed E-state index contributed by atoms with van der Waals surface area (Å²) in [5, 5.41) is 0. The predicted molar refractivity (Wildman–Crippen MR) is 77.5 cm³/mol. The zero-order valence-electron chi connectivity index (χ0n) is 11.0. The van der Waals surface area contributed by atoms with E-state index in [0.717, 1.165) is 15.6 Å². The molecule has 114 valence electrons. The fourth-order valence-electron chi connectivity index (χ4n) is 2.01. The van der Waals surface area contributed by atoms with E-state index >= 15 is 0 Å². The first-order valence-corrected chi connectivity index (χ1v) is 7.03. The van der Waals surface area contributed by atoms with Gasteiger partial charge in [-0.25, -0.2) is 9.97 Å². The van der Waals surface area contributed by atoms with E-state index in [1.165, 1.54) is 12.1 Å². The van der Waals surface area contributed by atoms with Gasteiger partial charge in [0.1, 0.15) is 17.1 Å². The molecule has 0 unspecified atom stereocenters. The van der Waals surface area contributed by atoms with Crippen LogP contribution in [0.3, 0.4) is 0 Å². The van der Waals surface area contributed by atoms with Crippen LogP contribution in [0.15, 0.2) is 41.0 Å². The molecule has 0 spiro atoms. The highest BCUT2D eigenvalue weighted by atomic mass is 79.9. The molecule has 22 heavy (non-hydrogen) atoms. The number of nitrogens with zero attached hydrogens (tertiary/aromatic N) is 2. The molecule has 0 saturated carbocycles.